The maximum atomic E-state index is 11.2. The normalized spacial score (nSPS) is 10.4. The van der Waals surface area contributed by atoms with Crippen molar-refractivity contribution in [1.29, 1.82) is 0 Å². The molecule has 2 rings (SSSR count). The summed E-state index contributed by atoms with van der Waals surface area (Å²) in [5.74, 6) is -1.33. The average molecular weight is 347 g/mol. The Morgan fingerprint density at radius 1 is 1.53 bits per heavy atom. The second kappa shape index (κ2) is 4.98. The Morgan fingerprint density at radius 3 is 2.68 bits per heavy atom. The Bertz CT molecular complexity index is 685. The summed E-state index contributed by atoms with van der Waals surface area (Å²) in [6.07, 6.45) is 2.95. The number of rotatable bonds is 3. The number of benzene rings is 1. The second-order valence-electron chi connectivity index (χ2n) is 3.49. The number of nitrogens with zero attached hydrogens (tertiary/aromatic N) is 3. The van der Waals surface area contributed by atoms with Crippen molar-refractivity contribution in [3.05, 3.63) is 49.7 Å². The molecular weight excluding hydrogens is 341 g/mol. The smallest absolute Gasteiger partial charge is 0.338 e. The fourth-order valence-corrected chi connectivity index (χ4v) is 2.09. The number of nitro benzene ring substituents is 1. The molecule has 0 aliphatic heterocycles. The molecule has 0 radical (unpaired) electrons. The minimum atomic E-state index is -1.33. The van der Waals surface area contributed by atoms with E-state index in [9.17, 15) is 14.9 Å². The summed E-state index contributed by atoms with van der Waals surface area (Å²) in [5.41, 5.74) is -0.613. The monoisotopic (exact) mass is 345 g/mol. The van der Waals surface area contributed by atoms with Gasteiger partial charge in [0.05, 0.1) is 31.9 Å². The Hall–Kier alpha value is -1.93. The van der Waals surface area contributed by atoms with Crippen LogP contribution in [0.4, 0.5) is 5.69 Å². The fraction of sp³-hybridized carbons (Fsp3) is 0. The predicted octanol–water partition coefficient (Wildman–Crippen LogP) is 2.89. The molecule has 0 spiro atoms. The van der Waals surface area contributed by atoms with Crippen LogP contribution in [0.1, 0.15) is 10.4 Å². The van der Waals surface area contributed by atoms with Crippen LogP contribution in [0, 0.1) is 10.1 Å². The first-order valence-corrected chi connectivity index (χ1v) is 5.99. The van der Waals surface area contributed by atoms with E-state index in [1.807, 2.05) is 0 Å². The Kier molecular flexibility index (Phi) is 3.54. The lowest BCUT2D eigenvalue weighted by molar-refractivity contribution is -0.384. The van der Waals surface area contributed by atoms with Crippen LogP contribution in [0.3, 0.4) is 0 Å². The van der Waals surface area contributed by atoms with Gasteiger partial charge >= 0.3 is 5.97 Å². The van der Waals surface area contributed by atoms with Crippen molar-refractivity contribution in [2.45, 2.75) is 0 Å². The van der Waals surface area contributed by atoms with Gasteiger partial charge in [0.25, 0.3) is 5.69 Å². The maximum absolute atomic E-state index is 11.2. The highest BCUT2D eigenvalue weighted by Gasteiger charge is 2.21. The summed E-state index contributed by atoms with van der Waals surface area (Å²) in [5, 5.41) is 23.7. The van der Waals surface area contributed by atoms with Crippen LogP contribution in [0.25, 0.3) is 5.69 Å². The number of carboxylic acid groups (broad SMARTS) is 1. The molecule has 0 saturated heterocycles. The number of nitro groups is 1. The topological polar surface area (TPSA) is 98.3 Å². The third-order valence-electron chi connectivity index (χ3n) is 2.27. The molecule has 9 heteroatoms. The van der Waals surface area contributed by atoms with Gasteiger partial charge in [-0.15, -0.1) is 0 Å². The number of aromatic nitrogens is 2. The standard InChI is InChI=1S/C10H5BrClN3O4/c11-5-3-13-14(4-5)9-7(10(16)17)1-6(15(18)19)2-8(9)12/h1-4H,(H,16,17). The molecule has 1 aromatic carbocycles. The lowest BCUT2D eigenvalue weighted by Gasteiger charge is -2.08. The number of halogens is 2. The quantitative estimate of drug-likeness (QED) is 0.680. The van der Waals surface area contributed by atoms with Crippen LogP contribution in [-0.2, 0) is 0 Å². The van der Waals surface area contributed by atoms with Crippen LogP contribution >= 0.6 is 27.5 Å². The van der Waals surface area contributed by atoms with Crippen molar-refractivity contribution in [1.82, 2.24) is 9.78 Å². The molecule has 0 aliphatic carbocycles. The zero-order valence-corrected chi connectivity index (χ0v) is 11.4. The van der Waals surface area contributed by atoms with E-state index in [0.717, 1.165) is 12.1 Å². The fourth-order valence-electron chi connectivity index (χ4n) is 1.51. The van der Waals surface area contributed by atoms with Gasteiger partial charge in [-0.25, -0.2) is 9.48 Å². The zero-order valence-electron chi connectivity index (χ0n) is 9.08. The molecule has 0 aliphatic rings. The molecule has 0 saturated carbocycles. The SMILES string of the molecule is O=C(O)c1cc([N+](=O)[O-])cc(Cl)c1-n1cc(Br)cn1. The molecular formula is C10H5BrClN3O4. The van der Waals surface area contributed by atoms with E-state index in [-0.39, 0.29) is 16.3 Å². The Morgan fingerprint density at radius 2 is 2.21 bits per heavy atom. The molecule has 98 valence electrons. The third kappa shape index (κ3) is 2.59. The molecule has 1 heterocycles. The minimum absolute atomic E-state index is 0.0674. The van der Waals surface area contributed by atoms with E-state index in [4.69, 9.17) is 16.7 Å². The first kappa shape index (κ1) is 13.5. The van der Waals surface area contributed by atoms with E-state index < -0.39 is 16.6 Å². The van der Waals surface area contributed by atoms with Gasteiger partial charge in [0.2, 0.25) is 0 Å². The summed E-state index contributed by atoms with van der Waals surface area (Å²) < 4.78 is 1.86. The third-order valence-corrected chi connectivity index (χ3v) is 2.97. The summed E-state index contributed by atoms with van der Waals surface area (Å²) in [4.78, 5) is 21.2. The average Bonchev–Trinajstić information content (AvgIpc) is 2.74. The lowest BCUT2D eigenvalue weighted by Crippen LogP contribution is -2.07. The number of non-ortho nitro benzene ring substituents is 1. The molecule has 0 atom stereocenters. The molecule has 19 heavy (non-hydrogen) atoms. The lowest BCUT2D eigenvalue weighted by atomic mass is 10.1. The van der Waals surface area contributed by atoms with Crippen molar-refractivity contribution in [3.63, 3.8) is 0 Å². The van der Waals surface area contributed by atoms with E-state index in [0.29, 0.717) is 4.47 Å². The number of hydrogen-bond acceptors (Lipinski definition) is 4. The van der Waals surface area contributed by atoms with Gasteiger partial charge in [-0.3, -0.25) is 10.1 Å². The van der Waals surface area contributed by atoms with Crippen LogP contribution < -0.4 is 0 Å². The van der Waals surface area contributed by atoms with Crippen LogP contribution in [0.15, 0.2) is 29.0 Å². The summed E-state index contributed by atoms with van der Waals surface area (Å²) >= 11 is 9.09. The molecule has 1 aromatic heterocycles. The highest BCUT2D eigenvalue weighted by atomic mass is 79.9. The number of carboxylic acids is 1. The van der Waals surface area contributed by atoms with E-state index in [1.165, 1.54) is 17.1 Å². The first-order chi connectivity index (χ1) is 8.90. The summed E-state index contributed by atoms with van der Waals surface area (Å²) in [6, 6.07) is 2.03. The number of hydrogen-bond donors (Lipinski definition) is 1. The number of aromatic carboxylic acids is 1. The van der Waals surface area contributed by atoms with Gasteiger partial charge in [-0.2, -0.15) is 5.10 Å². The number of carbonyl (C=O) groups is 1. The van der Waals surface area contributed by atoms with Crippen molar-refractivity contribution in [2.24, 2.45) is 0 Å². The Balaban J connectivity index is 2.72. The van der Waals surface area contributed by atoms with Crippen molar-refractivity contribution in [2.75, 3.05) is 0 Å². The van der Waals surface area contributed by atoms with Gasteiger partial charge in [0, 0.05) is 18.3 Å². The molecule has 0 fully saturated rings. The molecule has 0 unspecified atom stereocenters. The summed E-state index contributed by atoms with van der Waals surface area (Å²) in [7, 11) is 0. The predicted molar refractivity (Wildman–Crippen MR) is 69.9 cm³/mol. The Labute approximate surface area is 119 Å². The van der Waals surface area contributed by atoms with Gasteiger partial charge in [-0.1, -0.05) is 11.6 Å². The highest BCUT2D eigenvalue weighted by molar-refractivity contribution is 9.10. The highest BCUT2D eigenvalue weighted by Crippen LogP contribution is 2.30. The summed E-state index contributed by atoms with van der Waals surface area (Å²) in [6.45, 7) is 0. The molecule has 0 amide bonds. The van der Waals surface area contributed by atoms with Gasteiger partial charge in [0.1, 0.15) is 0 Å². The zero-order chi connectivity index (χ0) is 14.2. The minimum Gasteiger partial charge on any atom is -0.478 e. The first-order valence-electron chi connectivity index (χ1n) is 4.82. The van der Waals surface area contributed by atoms with Gasteiger partial charge in [-0.05, 0) is 15.9 Å². The van der Waals surface area contributed by atoms with Gasteiger partial charge in [0.15, 0.2) is 0 Å². The molecule has 0 bridgehead atoms. The molecule has 1 N–H and O–H groups in total. The van der Waals surface area contributed by atoms with Crippen molar-refractivity contribution >= 4 is 39.2 Å². The van der Waals surface area contributed by atoms with Crippen LogP contribution in [0.2, 0.25) is 5.02 Å². The van der Waals surface area contributed by atoms with Crippen molar-refractivity contribution < 1.29 is 14.8 Å². The van der Waals surface area contributed by atoms with Crippen molar-refractivity contribution in [3.8, 4) is 5.69 Å². The van der Waals surface area contributed by atoms with Crippen LogP contribution in [0.5, 0.6) is 0 Å². The van der Waals surface area contributed by atoms with E-state index in [2.05, 4.69) is 21.0 Å². The maximum Gasteiger partial charge on any atom is 0.338 e. The second-order valence-corrected chi connectivity index (χ2v) is 4.81. The largest absolute Gasteiger partial charge is 0.478 e. The molecule has 2 aromatic rings. The van der Waals surface area contributed by atoms with Crippen LogP contribution in [-0.4, -0.2) is 25.8 Å². The van der Waals surface area contributed by atoms with E-state index >= 15 is 0 Å². The van der Waals surface area contributed by atoms with Gasteiger partial charge < -0.3 is 5.11 Å². The molecule has 7 nitrogen and oxygen atoms in total. The van der Waals surface area contributed by atoms with E-state index in [1.54, 1.807) is 0 Å².